The third-order valence-corrected chi connectivity index (χ3v) is 12.9. The quantitative estimate of drug-likeness (QED) is 0.196. The van der Waals surface area contributed by atoms with Crippen molar-refractivity contribution in [2.24, 2.45) is 29.6 Å². The standard InChI is InChI=1S/C43H69NO12/c1-10-30-18-24(2)17-25(3)19-36(53-8)39-37(54-9)21-27(5)43(51,56-39)40(48)41(49)44-16-12-11-13-31(44)42(50)55-38(28(6)33(46)23-34(30)47)26(4)20-29-14-15-32(45)35(22-29)52-7/h18,20,25,27-33,35-39,45-46,51H,10-17,19,21-23H2,1-9H3/b24-18+,26-20+/t25-,27+,28?,29-,30+,31-,32+,33-,35+,36-,37-,38+,39+,43+/m0/s1. The summed E-state index contributed by atoms with van der Waals surface area (Å²) in [6.07, 6.45) is 3.72. The third-order valence-electron chi connectivity index (χ3n) is 12.9. The number of ketones is 2. The second-order valence-electron chi connectivity index (χ2n) is 17.2. The molecule has 3 heterocycles. The van der Waals surface area contributed by atoms with Crippen LogP contribution in [-0.4, -0.2) is 126 Å². The van der Waals surface area contributed by atoms with Crippen molar-refractivity contribution < 1.29 is 58.2 Å². The molecular weight excluding hydrogens is 722 g/mol. The molecule has 2 saturated heterocycles. The van der Waals surface area contributed by atoms with Gasteiger partial charge in [-0.15, -0.1) is 0 Å². The van der Waals surface area contributed by atoms with E-state index in [1.165, 1.54) is 19.1 Å². The summed E-state index contributed by atoms with van der Waals surface area (Å²) in [5.41, 5.74) is 1.66. The number of hydrogen-bond acceptors (Lipinski definition) is 12. The van der Waals surface area contributed by atoms with Gasteiger partial charge in [-0.05, 0) is 95.5 Å². The van der Waals surface area contributed by atoms with Gasteiger partial charge in [-0.3, -0.25) is 14.4 Å². The fraction of sp³-hybridized carbons (Fsp3) is 0.814. The van der Waals surface area contributed by atoms with E-state index < -0.39 is 83.9 Å². The SMILES string of the molecule is CC[C@@H]1/C=C(\C)C[C@H](C)C[C@H](OC)[C@H]2O[C@@](O)(C(=O)C(=O)N3CCCC[C@H]3C(=O)O[C@H](/C(C)=C/[C@@H]3CC[C@@H](O)[C@H](OC)C3)C(C)[C@@H](O)CC1=O)[C@H](C)C[C@@H]2OC. The number of esters is 1. The Balaban J connectivity index is 1.76. The van der Waals surface area contributed by atoms with E-state index in [1.54, 1.807) is 21.0 Å². The summed E-state index contributed by atoms with van der Waals surface area (Å²) in [6, 6.07) is -1.13. The molecule has 13 nitrogen and oxygen atoms in total. The molecule has 13 heteroatoms. The number of nitrogens with zero attached hydrogens (tertiary/aromatic N) is 1. The van der Waals surface area contributed by atoms with Crippen molar-refractivity contribution in [3.05, 3.63) is 23.3 Å². The summed E-state index contributed by atoms with van der Waals surface area (Å²) in [7, 11) is 4.63. The van der Waals surface area contributed by atoms with Crippen LogP contribution in [0.15, 0.2) is 23.3 Å². The highest BCUT2D eigenvalue weighted by molar-refractivity contribution is 6.39. The number of cyclic esters (lactones) is 1. The van der Waals surface area contributed by atoms with Crippen LogP contribution >= 0.6 is 0 Å². The van der Waals surface area contributed by atoms with Gasteiger partial charge in [0.05, 0.1) is 30.5 Å². The summed E-state index contributed by atoms with van der Waals surface area (Å²) >= 11 is 0. The number of amides is 1. The molecule has 4 rings (SSSR count). The molecule has 3 N–H and O–H groups in total. The van der Waals surface area contributed by atoms with Crippen molar-refractivity contribution >= 4 is 23.4 Å². The molecular formula is C43H69NO12. The topological polar surface area (TPSA) is 178 Å². The Labute approximate surface area is 333 Å². The summed E-state index contributed by atoms with van der Waals surface area (Å²) in [5.74, 6) is -7.50. The van der Waals surface area contributed by atoms with E-state index in [1.807, 2.05) is 32.9 Å². The second kappa shape index (κ2) is 20.4. The summed E-state index contributed by atoms with van der Waals surface area (Å²) < 4.78 is 29.7. The number of aliphatic hydroxyl groups excluding tert-OH is 2. The maximum Gasteiger partial charge on any atom is 0.329 e. The zero-order valence-corrected chi connectivity index (χ0v) is 35.1. The number of aliphatic hydroxyl groups is 3. The lowest BCUT2D eigenvalue weighted by Crippen LogP contribution is -2.64. The van der Waals surface area contributed by atoms with Crippen molar-refractivity contribution in [3.63, 3.8) is 0 Å². The van der Waals surface area contributed by atoms with Crippen LogP contribution in [0.5, 0.6) is 0 Å². The van der Waals surface area contributed by atoms with Crippen molar-refractivity contribution in [2.75, 3.05) is 27.9 Å². The molecule has 0 spiro atoms. The average Bonchev–Trinajstić information content (AvgIpc) is 3.18. The predicted molar refractivity (Wildman–Crippen MR) is 208 cm³/mol. The first kappa shape index (κ1) is 46.2. The maximum atomic E-state index is 14.3. The average molecular weight is 792 g/mol. The largest absolute Gasteiger partial charge is 0.456 e. The number of fused-ring (bicyclic) bond motifs is 3. The van der Waals surface area contributed by atoms with Crippen molar-refractivity contribution in [3.8, 4) is 0 Å². The first-order valence-electron chi connectivity index (χ1n) is 20.8. The van der Waals surface area contributed by atoms with Crippen LogP contribution in [0.1, 0.15) is 112 Å². The fourth-order valence-electron chi connectivity index (χ4n) is 9.39. The van der Waals surface area contributed by atoms with Gasteiger partial charge >= 0.3 is 5.97 Å². The van der Waals surface area contributed by atoms with Gasteiger partial charge < -0.3 is 43.9 Å². The van der Waals surface area contributed by atoms with Crippen molar-refractivity contribution in [1.29, 1.82) is 0 Å². The third kappa shape index (κ3) is 10.7. The fourth-order valence-corrected chi connectivity index (χ4v) is 9.39. The van der Waals surface area contributed by atoms with Gasteiger partial charge in [-0.2, -0.15) is 0 Å². The molecule has 1 amide bonds. The minimum Gasteiger partial charge on any atom is -0.456 e. The first-order chi connectivity index (χ1) is 26.5. The maximum absolute atomic E-state index is 14.3. The van der Waals surface area contributed by atoms with E-state index in [-0.39, 0.29) is 49.5 Å². The van der Waals surface area contributed by atoms with E-state index in [0.717, 1.165) is 5.57 Å². The van der Waals surface area contributed by atoms with Gasteiger partial charge in [0.2, 0.25) is 5.79 Å². The number of ether oxygens (including phenoxy) is 5. The van der Waals surface area contributed by atoms with Crippen LogP contribution in [0.4, 0.5) is 0 Å². The number of piperidine rings is 1. The molecule has 3 aliphatic heterocycles. The van der Waals surface area contributed by atoms with Gasteiger partial charge in [-0.25, -0.2) is 4.79 Å². The number of hydrogen-bond donors (Lipinski definition) is 3. The minimum atomic E-state index is -2.50. The highest BCUT2D eigenvalue weighted by Crippen LogP contribution is 2.39. The summed E-state index contributed by atoms with van der Waals surface area (Å²) in [5, 5.41) is 34.1. The lowest BCUT2D eigenvalue weighted by Gasteiger charge is -2.47. The molecule has 56 heavy (non-hydrogen) atoms. The Morgan fingerprint density at radius 2 is 1.57 bits per heavy atom. The molecule has 3 fully saturated rings. The van der Waals surface area contributed by atoms with E-state index in [9.17, 15) is 34.5 Å². The van der Waals surface area contributed by atoms with Crippen LogP contribution in [0.25, 0.3) is 0 Å². The van der Waals surface area contributed by atoms with Gasteiger partial charge in [-0.1, -0.05) is 45.4 Å². The predicted octanol–water partition coefficient (Wildman–Crippen LogP) is 4.47. The zero-order valence-electron chi connectivity index (χ0n) is 35.1. The van der Waals surface area contributed by atoms with Crippen molar-refractivity contribution in [1.82, 2.24) is 4.90 Å². The first-order valence-corrected chi connectivity index (χ1v) is 20.8. The molecule has 1 saturated carbocycles. The molecule has 0 radical (unpaired) electrons. The van der Waals surface area contributed by atoms with Crippen LogP contribution < -0.4 is 0 Å². The highest BCUT2D eigenvalue weighted by atomic mass is 16.7. The lowest BCUT2D eigenvalue weighted by molar-refractivity contribution is -0.302. The molecule has 2 bridgehead atoms. The number of carbonyl (C=O) groups excluding carboxylic acids is 4. The molecule has 318 valence electrons. The Morgan fingerprint density at radius 3 is 2.21 bits per heavy atom. The smallest absolute Gasteiger partial charge is 0.329 e. The van der Waals surface area contributed by atoms with Crippen LogP contribution in [0.3, 0.4) is 0 Å². The van der Waals surface area contributed by atoms with Gasteiger partial charge in [0.1, 0.15) is 24.0 Å². The molecule has 4 aliphatic rings. The van der Waals surface area contributed by atoms with Gasteiger partial charge in [0.25, 0.3) is 11.7 Å². The van der Waals surface area contributed by atoms with Gasteiger partial charge in [0.15, 0.2) is 0 Å². The number of carbonyl (C=O) groups is 4. The minimum absolute atomic E-state index is 0.000914. The van der Waals surface area contributed by atoms with E-state index in [4.69, 9.17) is 23.7 Å². The summed E-state index contributed by atoms with van der Waals surface area (Å²) in [6.45, 7) is 11.3. The Bertz CT molecular complexity index is 1430. The van der Waals surface area contributed by atoms with E-state index in [2.05, 4.69) is 6.92 Å². The second-order valence-corrected chi connectivity index (χ2v) is 17.2. The van der Waals surface area contributed by atoms with Gasteiger partial charge in [0, 0.05) is 52.0 Å². The highest BCUT2D eigenvalue weighted by Gasteiger charge is 2.56. The molecule has 1 aliphatic carbocycles. The normalized spacial score (nSPS) is 41.6. The molecule has 14 atom stereocenters. The number of rotatable bonds is 6. The Hall–Kier alpha value is -2.52. The van der Waals surface area contributed by atoms with Crippen molar-refractivity contribution in [2.45, 2.75) is 167 Å². The molecule has 0 aromatic rings. The molecule has 1 unspecified atom stereocenters. The Kier molecular flexibility index (Phi) is 16.9. The zero-order chi connectivity index (χ0) is 41.5. The lowest BCUT2D eigenvalue weighted by atomic mass is 9.81. The summed E-state index contributed by atoms with van der Waals surface area (Å²) in [4.78, 5) is 57.6. The van der Waals surface area contributed by atoms with Crippen LogP contribution in [0, 0.1) is 29.6 Å². The van der Waals surface area contributed by atoms with Crippen LogP contribution in [-0.2, 0) is 42.9 Å². The monoisotopic (exact) mass is 791 g/mol. The van der Waals surface area contributed by atoms with E-state index >= 15 is 0 Å². The number of Topliss-reactive ketones (excluding diaryl/α,β-unsaturated/α-hetero) is 2. The number of methoxy groups -OCH3 is 3. The number of allylic oxidation sites excluding steroid dienone is 3. The molecule has 0 aromatic carbocycles. The molecule has 0 aromatic heterocycles. The Morgan fingerprint density at radius 1 is 0.911 bits per heavy atom. The van der Waals surface area contributed by atoms with Crippen LogP contribution in [0.2, 0.25) is 0 Å². The van der Waals surface area contributed by atoms with E-state index in [0.29, 0.717) is 56.9 Å².